The predicted molar refractivity (Wildman–Crippen MR) is 97.7 cm³/mol. The van der Waals surface area contributed by atoms with E-state index in [0.717, 1.165) is 35.6 Å². The van der Waals surface area contributed by atoms with Gasteiger partial charge in [0, 0.05) is 25.1 Å². The van der Waals surface area contributed by atoms with Crippen molar-refractivity contribution in [2.45, 2.75) is 39.0 Å². The lowest BCUT2D eigenvalue weighted by atomic mass is 10.0. The first-order valence-electron chi connectivity index (χ1n) is 8.87. The molecule has 1 aliphatic heterocycles. The quantitative estimate of drug-likeness (QED) is 0.534. The van der Waals surface area contributed by atoms with Gasteiger partial charge in [-0.1, -0.05) is 32.3 Å². The van der Waals surface area contributed by atoms with Gasteiger partial charge in [-0.15, -0.1) is 0 Å². The number of ketones is 1. The summed E-state index contributed by atoms with van der Waals surface area (Å²) >= 11 is 0. The van der Waals surface area contributed by atoms with Crippen LogP contribution in [-0.4, -0.2) is 44.5 Å². The molecule has 0 N–H and O–H groups in total. The number of Topliss-reactive ketones (excluding diaryl/α,β-unsaturated/α-hetero) is 1. The lowest BCUT2D eigenvalue weighted by molar-refractivity contribution is -0.117. The van der Waals surface area contributed by atoms with Crippen molar-refractivity contribution in [2.75, 3.05) is 33.9 Å². The Morgan fingerprint density at radius 3 is 2.79 bits per heavy atom. The van der Waals surface area contributed by atoms with Crippen molar-refractivity contribution >= 4 is 11.9 Å². The molecule has 1 aromatic carbocycles. The molecule has 0 unspecified atom stereocenters. The smallest absolute Gasteiger partial charge is 0.161 e. The number of hydrogen-bond donors (Lipinski definition) is 0. The number of rotatable bonds is 8. The first-order chi connectivity index (χ1) is 11.6. The molecule has 1 heterocycles. The van der Waals surface area contributed by atoms with Crippen molar-refractivity contribution in [2.24, 2.45) is 0 Å². The highest BCUT2D eigenvalue weighted by Crippen LogP contribution is 2.29. The standard InChI is InChI=1S/C20H29NO3/c1-4-5-6-7-12-24-19-9-8-16(14-20(19)23-3)13-17-15-21(2)11-10-18(17)22/h8-9,13-14H,4-7,10-12,15H2,1-3H3/b17-13+. The number of likely N-dealkylation sites (tertiary alicyclic amines) is 1. The Bertz CT molecular complexity index is 580. The van der Waals surface area contributed by atoms with Crippen LogP contribution in [-0.2, 0) is 4.79 Å². The van der Waals surface area contributed by atoms with Crippen LogP contribution in [0.1, 0.15) is 44.6 Å². The van der Waals surface area contributed by atoms with Gasteiger partial charge in [0.2, 0.25) is 0 Å². The lowest BCUT2D eigenvalue weighted by Crippen LogP contribution is -2.32. The molecule has 0 spiro atoms. The van der Waals surface area contributed by atoms with E-state index in [9.17, 15) is 4.79 Å². The molecule has 0 atom stereocenters. The lowest BCUT2D eigenvalue weighted by Gasteiger charge is -2.23. The minimum Gasteiger partial charge on any atom is -0.493 e. The molecule has 0 radical (unpaired) electrons. The number of methoxy groups -OCH3 is 1. The molecular weight excluding hydrogens is 302 g/mol. The Morgan fingerprint density at radius 1 is 1.21 bits per heavy atom. The van der Waals surface area contributed by atoms with Crippen LogP contribution in [0.15, 0.2) is 23.8 Å². The highest BCUT2D eigenvalue weighted by molar-refractivity contribution is 6.00. The number of hydrogen-bond acceptors (Lipinski definition) is 4. The molecule has 2 rings (SSSR count). The van der Waals surface area contributed by atoms with Crippen LogP contribution < -0.4 is 9.47 Å². The summed E-state index contributed by atoms with van der Waals surface area (Å²) in [6.45, 7) is 4.45. The molecule has 1 fully saturated rings. The molecule has 0 bridgehead atoms. The van der Waals surface area contributed by atoms with E-state index >= 15 is 0 Å². The third kappa shape index (κ3) is 5.38. The molecule has 24 heavy (non-hydrogen) atoms. The maximum absolute atomic E-state index is 12.0. The Kier molecular flexibility index (Phi) is 7.32. The summed E-state index contributed by atoms with van der Waals surface area (Å²) in [6.07, 6.45) is 7.28. The van der Waals surface area contributed by atoms with Crippen LogP contribution in [0.4, 0.5) is 0 Å². The zero-order chi connectivity index (χ0) is 17.4. The second kappa shape index (κ2) is 9.48. The summed E-state index contributed by atoms with van der Waals surface area (Å²) in [4.78, 5) is 14.2. The zero-order valence-electron chi connectivity index (χ0n) is 15.1. The Labute approximate surface area is 145 Å². The van der Waals surface area contributed by atoms with E-state index in [2.05, 4.69) is 11.8 Å². The highest BCUT2D eigenvalue weighted by Gasteiger charge is 2.18. The number of likely N-dealkylation sites (N-methyl/N-ethyl adjacent to an activating group) is 1. The first kappa shape index (κ1) is 18.5. The maximum atomic E-state index is 12.0. The van der Waals surface area contributed by atoms with Gasteiger partial charge in [0.15, 0.2) is 17.3 Å². The molecule has 0 amide bonds. The molecule has 4 nitrogen and oxygen atoms in total. The van der Waals surface area contributed by atoms with Crippen molar-refractivity contribution in [1.29, 1.82) is 0 Å². The number of benzene rings is 1. The fourth-order valence-corrected chi connectivity index (χ4v) is 2.84. The molecule has 132 valence electrons. The molecule has 1 aromatic rings. The third-order valence-corrected chi connectivity index (χ3v) is 4.30. The number of unbranched alkanes of at least 4 members (excludes halogenated alkanes) is 3. The van der Waals surface area contributed by atoms with Crippen LogP contribution in [0.2, 0.25) is 0 Å². The number of piperidine rings is 1. The van der Waals surface area contributed by atoms with Gasteiger partial charge in [0.05, 0.1) is 13.7 Å². The molecule has 1 saturated heterocycles. The summed E-state index contributed by atoms with van der Waals surface area (Å²) in [6, 6.07) is 5.86. The average Bonchev–Trinajstić information content (AvgIpc) is 2.59. The van der Waals surface area contributed by atoms with E-state index < -0.39 is 0 Å². The van der Waals surface area contributed by atoms with Crippen molar-refractivity contribution in [1.82, 2.24) is 4.90 Å². The second-order valence-electron chi connectivity index (χ2n) is 6.40. The molecule has 0 saturated carbocycles. The highest BCUT2D eigenvalue weighted by atomic mass is 16.5. The summed E-state index contributed by atoms with van der Waals surface area (Å²) in [5.41, 5.74) is 1.84. The Balaban J connectivity index is 2.03. The van der Waals surface area contributed by atoms with Crippen LogP contribution >= 0.6 is 0 Å². The van der Waals surface area contributed by atoms with Gasteiger partial charge < -0.3 is 14.4 Å². The van der Waals surface area contributed by atoms with Crippen molar-refractivity contribution in [3.8, 4) is 11.5 Å². The largest absolute Gasteiger partial charge is 0.493 e. The normalized spacial score (nSPS) is 17.3. The van der Waals surface area contributed by atoms with Gasteiger partial charge in [0.25, 0.3) is 0 Å². The number of ether oxygens (including phenoxy) is 2. The van der Waals surface area contributed by atoms with Gasteiger partial charge in [-0.3, -0.25) is 4.79 Å². The van der Waals surface area contributed by atoms with Crippen molar-refractivity contribution in [3.05, 3.63) is 29.3 Å². The summed E-state index contributed by atoms with van der Waals surface area (Å²) in [5.74, 6) is 1.73. The van der Waals surface area contributed by atoms with Crippen LogP contribution in [0.25, 0.3) is 6.08 Å². The summed E-state index contributed by atoms with van der Waals surface area (Å²) < 4.78 is 11.3. The summed E-state index contributed by atoms with van der Waals surface area (Å²) in [7, 11) is 3.69. The third-order valence-electron chi connectivity index (χ3n) is 4.30. The minimum absolute atomic E-state index is 0.239. The van der Waals surface area contributed by atoms with Gasteiger partial charge in [-0.2, -0.15) is 0 Å². The number of carbonyl (C=O) groups is 1. The van der Waals surface area contributed by atoms with Gasteiger partial charge in [0.1, 0.15) is 0 Å². The molecule has 4 heteroatoms. The Hall–Kier alpha value is -1.81. The van der Waals surface area contributed by atoms with E-state index in [0.29, 0.717) is 19.6 Å². The van der Waals surface area contributed by atoms with E-state index in [1.54, 1.807) is 7.11 Å². The predicted octanol–water partition coefficient (Wildman–Crippen LogP) is 3.94. The molecule has 0 aromatic heterocycles. The molecule has 0 aliphatic carbocycles. The first-order valence-corrected chi connectivity index (χ1v) is 8.87. The molecule has 1 aliphatic rings. The fourth-order valence-electron chi connectivity index (χ4n) is 2.84. The number of nitrogens with zero attached hydrogens (tertiary/aromatic N) is 1. The van der Waals surface area contributed by atoms with Crippen LogP contribution in [0.5, 0.6) is 11.5 Å². The minimum atomic E-state index is 0.239. The van der Waals surface area contributed by atoms with Crippen LogP contribution in [0, 0.1) is 0 Å². The average molecular weight is 331 g/mol. The van der Waals surface area contributed by atoms with Crippen molar-refractivity contribution in [3.63, 3.8) is 0 Å². The SMILES string of the molecule is CCCCCCOc1ccc(/C=C2\CN(C)CCC2=O)cc1OC. The van der Waals surface area contributed by atoms with Crippen molar-refractivity contribution < 1.29 is 14.3 Å². The van der Waals surface area contributed by atoms with Crippen LogP contribution in [0.3, 0.4) is 0 Å². The second-order valence-corrected chi connectivity index (χ2v) is 6.40. The Morgan fingerprint density at radius 2 is 2.04 bits per heavy atom. The summed E-state index contributed by atoms with van der Waals surface area (Å²) in [5, 5.41) is 0. The topological polar surface area (TPSA) is 38.8 Å². The van der Waals surface area contributed by atoms with Gasteiger partial charge >= 0.3 is 0 Å². The number of carbonyl (C=O) groups excluding carboxylic acids is 1. The van der Waals surface area contributed by atoms with Gasteiger partial charge in [-0.05, 0) is 37.2 Å². The van der Waals surface area contributed by atoms with E-state index in [1.165, 1.54) is 19.3 Å². The zero-order valence-corrected chi connectivity index (χ0v) is 15.1. The van der Waals surface area contributed by atoms with E-state index in [4.69, 9.17) is 9.47 Å². The van der Waals surface area contributed by atoms with E-state index in [-0.39, 0.29) is 5.78 Å². The van der Waals surface area contributed by atoms with E-state index in [1.807, 2.05) is 31.3 Å². The molecular formula is C20H29NO3. The monoisotopic (exact) mass is 331 g/mol. The fraction of sp³-hybridized carbons (Fsp3) is 0.550. The maximum Gasteiger partial charge on any atom is 0.161 e. The van der Waals surface area contributed by atoms with Gasteiger partial charge in [-0.25, -0.2) is 0 Å².